The first kappa shape index (κ1) is 16.1. The Balaban J connectivity index is 1.44. The van der Waals surface area contributed by atoms with E-state index in [1.54, 1.807) is 6.20 Å². The highest BCUT2D eigenvalue weighted by Crippen LogP contribution is 2.35. The maximum Gasteiger partial charge on any atom is 0.202 e. The summed E-state index contributed by atoms with van der Waals surface area (Å²) in [4.78, 5) is 11.2. The summed E-state index contributed by atoms with van der Waals surface area (Å²) in [6.45, 7) is 3.59. The number of pyridine rings is 1. The number of benzene rings is 1. The molecule has 0 saturated carbocycles. The molecule has 0 spiro atoms. The van der Waals surface area contributed by atoms with Crippen LogP contribution < -0.4 is 4.90 Å². The maximum absolute atomic E-state index is 10.8. The summed E-state index contributed by atoms with van der Waals surface area (Å²) in [6, 6.07) is 9.67. The minimum absolute atomic E-state index is 0.232. The fourth-order valence-corrected chi connectivity index (χ4v) is 3.63. The van der Waals surface area contributed by atoms with E-state index in [0.717, 1.165) is 40.8 Å². The zero-order valence-corrected chi connectivity index (χ0v) is 14.8. The average molecular weight is 364 g/mol. The van der Waals surface area contributed by atoms with Gasteiger partial charge in [0.25, 0.3) is 0 Å². The number of rotatable bonds is 4. The van der Waals surface area contributed by atoms with Crippen LogP contribution in [0.25, 0.3) is 22.0 Å². The smallest absolute Gasteiger partial charge is 0.202 e. The van der Waals surface area contributed by atoms with Crippen LogP contribution in [0.15, 0.2) is 47.1 Å². The van der Waals surface area contributed by atoms with Gasteiger partial charge in [-0.3, -0.25) is 4.98 Å². The molecule has 0 amide bonds. The lowest BCUT2D eigenvalue weighted by molar-refractivity contribution is 0.123. The average Bonchev–Trinajstić information content (AvgIpc) is 3.27. The molecule has 27 heavy (non-hydrogen) atoms. The molecule has 3 aromatic heterocycles. The molecule has 1 aliphatic heterocycles. The highest BCUT2D eigenvalue weighted by atomic mass is 16.5. The highest BCUT2D eigenvalue weighted by molar-refractivity contribution is 5.96. The Morgan fingerprint density at radius 3 is 2.78 bits per heavy atom. The number of aryl methyl sites for hydroxylation is 2. The molecule has 1 fully saturated rings. The topological polar surface area (TPSA) is 76.6 Å². The van der Waals surface area contributed by atoms with E-state index in [2.05, 4.69) is 14.9 Å². The number of morpholine rings is 1. The van der Waals surface area contributed by atoms with Gasteiger partial charge in [0.15, 0.2) is 11.5 Å². The Bertz CT molecular complexity index is 1060. The zero-order chi connectivity index (χ0) is 18.2. The molecular weight excluding hydrogens is 344 g/mol. The fraction of sp³-hybridized carbons (Fsp3) is 0.300. The number of nitrogens with zero attached hydrogens (tertiary/aromatic N) is 4. The molecule has 0 atom stereocenters. The van der Waals surface area contributed by atoms with E-state index in [0.29, 0.717) is 32.1 Å². The molecule has 0 radical (unpaired) electrons. The molecular formula is C20H20N4O3. The third kappa shape index (κ3) is 2.90. The number of fused-ring (bicyclic) bond motifs is 2. The number of aromatic hydroxyl groups is 1. The molecule has 138 valence electrons. The van der Waals surface area contributed by atoms with Gasteiger partial charge in [0.2, 0.25) is 5.88 Å². The number of para-hydroxylation sites is 2. The van der Waals surface area contributed by atoms with Crippen molar-refractivity contribution in [2.24, 2.45) is 0 Å². The normalized spacial score (nSPS) is 15.0. The lowest BCUT2D eigenvalue weighted by atomic mass is 10.2. The second-order valence-electron chi connectivity index (χ2n) is 6.66. The first-order chi connectivity index (χ1) is 13.3. The van der Waals surface area contributed by atoms with Gasteiger partial charge in [-0.05, 0) is 18.2 Å². The van der Waals surface area contributed by atoms with Gasteiger partial charge in [-0.1, -0.05) is 12.1 Å². The van der Waals surface area contributed by atoms with Crippen molar-refractivity contribution in [3.8, 4) is 5.88 Å². The van der Waals surface area contributed by atoms with Gasteiger partial charge < -0.3 is 23.7 Å². The summed E-state index contributed by atoms with van der Waals surface area (Å²) in [7, 11) is 0. The van der Waals surface area contributed by atoms with E-state index in [4.69, 9.17) is 9.15 Å². The van der Waals surface area contributed by atoms with Gasteiger partial charge >= 0.3 is 0 Å². The summed E-state index contributed by atoms with van der Waals surface area (Å²) in [5, 5.41) is 11.6. The third-order valence-electron chi connectivity index (χ3n) is 4.99. The monoisotopic (exact) mass is 364 g/mol. The summed E-state index contributed by atoms with van der Waals surface area (Å²) >= 11 is 0. The van der Waals surface area contributed by atoms with Crippen LogP contribution in [-0.2, 0) is 17.7 Å². The molecule has 5 rings (SSSR count). The van der Waals surface area contributed by atoms with Crippen molar-refractivity contribution in [1.29, 1.82) is 0 Å². The molecule has 1 aliphatic rings. The van der Waals surface area contributed by atoms with Gasteiger partial charge in [0.05, 0.1) is 29.8 Å². The van der Waals surface area contributed by atoms with E-state index in [9.17, 15) is 5.11 Å². The van der Waals surface area contributed by atoms with Gasteiger partial charge in [-0.15, -0.1) is 0 Å². The van der Waals surface area contributed by atoms with E-state index in [1.165, 1.54) is 0 Å². The van der Waals surface area contributed by atoms with E-state index >= 15 is 0 Å². The Morgan fingerprint density at radius 1 is 1.07 bits per heavy atom. The zero-order valence-electron chi connectivity index (χ0n) is 14.8. The van der Waals surface area contributed by atoms with Crippen LogP contribution in [0, 0.1) is 0 Å². The van der Waals surface area contributed by atoms with E-state index < -0.39 is 0 Å². The largest absolute Gasteiger partial charge is 0.494 e. The molecule has 0 unspecified atom stereocenters. The van der Waals surface area contributed by atoms with Crippen molar-refractivity contribution in [3.63, 3.8) is 0 Å². The van der Waals surface area contributed by atoms with Crippen LogP contribution in [0.2, 0.25) is 0 Å². The highest BCUT2D eigenvalue weighted by Gasteiger charge is 2.19. The minimum Gasteiger partial charge on any atom is -0.494 e. The number of oxazole rings is 1. The molecule has 1 saturated heterocycles. The quantitative estimate of drug-likeness (QED) is 0.600. The fourth-order valence-electron chi connectivity index (χ4n) is 3.63. The predicted molar refractivity (Wildman–Crippen MR) is 102 cm³/mol. The Morgan fingerprint density at radius 2 is 1.93 bits per heavy atom. The van der Waals surface area contributed by atoms with Crippen molar-refractivity contribution in [2.45, 2.75) is 13.0 Å². The number of hydrogen-bond acceptors (Lipinski definition) is 6. The van der Waals surface area contributed by atoms with Gasteiger partial charge in [-0.2, -0.15) is 0 Å². The summed E-state index contributed by atoms with van der Waals surface area (Å²) < 4.78 is 13.0. The van der Waals surface area contributed by atoms with Crippen molar-refractivity contribution in [1.82, 2.24) is 14.5 Å². The molecule has 7 heteroatoms. The molecule has 0 aliphatic carbocycles. The van der Waals surface area contributed by atoms with Crippen LogP contribution >= 0.6 is 0 Å². The minimum atomic E-state index is 0.232. The first-order valence-corrected chi connectivity index (χ1v) is 9.13. The van der Waals surface area contributed by atoms with Crippen molar-refractivity contribution >= 4 is 27.7 Å². The Labute approximate surface area is 155 Å². The van der Waals surface area contributed by atoms with Crippen LogP contribution in [0.3, 0.4) is 0 Å². The number of aromatic nitrogens is 3. The van der Waals surface area contributed by atoms with Gasteiger partial charge in [0, 0.05) is 38.4 Å². The Kier molecular flexibility index (Phi) is 3.94. The summed E-state index contributed by atoms with van der Waals surface area (Å²) in [5.74, 6) is 0.894. The molecule has 4 heterocycles. The molecule has 4 aromatic rings. The predicted octanol–water partition coefficient (Wildman–Crippen LogP) is 2.96. The SMILES string of the molecule is Oc1c2c(N3CCOCC3)ccnc2cn1CCc1nc2ccccc2o1. The number of hydrogen-bond donors (Lipinski definition) is 1. The second-order valence-corrected chi connectivity index (χ2v) is 6.66. The summed E-state index contributed by atoms with van der Waals surface area (Å²) in [5.41, 5.74) is 3.42. The molecule has 1 aromatic carbocycles. The second kappa shape index (κ2) is 6.59. The maximum atomic E-state index is 10.8. The molecule has 7 nitrogen and oxygen atoms in total. The molecule has 0 bridgehead atoms. The van der Waals surface area contributed by atoms with Crippen LogP contribution in [0.4, 0.5) is 5.69 Å². The number of anilines is 1. The van der Waals surface area contributed by atoms with Crippen molar-refractivity contribution in [3.05, 3.63) is 48.6 Å². The van der Waals surface area contributed by atoms with Crippen LogP contribution in [-0.4, -0.2) is 45.9 Å². The van der Waals surface area contributed by atoms with Gasteiger partial charge in [-0.25, -0.2) is 4.98 Å². The summed E-state index contributed by atoms with van der Waals surface area (Å²) in [6.07, 6.45) is 4.27. The van der Waals surface area contributed by atoms with Gasteiger partial charge in [0.1, 0.15) is 5.52 Å². The molecule has 1 N–H and O–H groups in total. The lowest BCUT2D eigenvalue weighted by Crippen LogP contribution is -2.36. The standard InChI is InChI=1S/C20H20N4O3/c25-20-19-15(21-7-5-16(19)23-9-11-26-12-10-23)13-24(20)8-6-18-22-14-3-1-2-4-17(14)27-18/h1-5,7,13,25H,6,8-12H2. The number of ether oxygens (including phenoxy) is 1. The van der Waals surface area contributed by atoms with Crippen molar-refractivity contribution < 1.29 is 14.3 Å². The van der Waals surface area contributed by atoms with E-state index in [-0.39, 0.29) is 5.88 Å². The van der Waals surface area contributed by atoms with Crippen molar-refractivity contribution in [2.75, 3.05) is 31.2 Å². The third-order valence-corrected chi connectivity index (χ3v) is 4.99. The lowest BCUT2D eigenvalue weighted by Gasteiger charge is -2.29. The first-order valence-electron chi connectivity index (χ1n) is 9.13. The van der Waals surface area contributed by atoms with E-state index in [1.807, 2.05) is 41.1 Å². The van der Waals surface area contributed by atoms with Crippen LogP contribution in [0.5, 0.6) is 5.88 Å². The van der Waals surface area contributed by atoms with Crippen LogP contribution in [0.1, 0.15) is 5.89 Å². The Hall–Kier alpha value is -3.06.